The second-order valence-electron chi connectivity index (χ2n) is 5.71. The van der Waals surface area contributed by atoms with Crippen molar-refractivity contribution >= 4 is 21.8 Å². The molecule has 0 atom stereocenters. The smallest absolute Gasteiger partial charge is 0.254 e. The number of benzene rings is 2. The molecule has 27 heavy (non-hydrogen) atoms. The Labute approximate surface area is 167 Å². The van der Waals surface area contributed by atoms with Crippen LogP contribution < -0.4 is 9.47 Å². The van der Waals surface area contributed by atoms with Gasteiger partial charge in [0.1, 0.15) is 0 Å². The summed E-state index contributed by atoms with van der Waals surface area (Å²) in [6.07, 6.45) is 1.68. The summed E-state index contributed by atoms with van der Waals surface area (Å²) in [5.74, 6) is 0.909. The molecule has 2 rings (SSSR count). The van der Waals surface area contributed by atoms with E-state index in [2.05, 4.69) is 28.6 Å². The Bertz CT molecular complexity index is 857. The third kappa shape index (κ3) is 5.11. The standard InChI is InChI=1S/C21H21BrN2O3/c1-4-10-24(14-16-8-6-15(13-23)7-9-16)21(25)17-11-18(22)20(27-5-2)19(12-17)26-3/h4,6-9,11-12H,1,5,10,14H2,2-3H3. The van der Waals surface area contributed by atoms with Gasteiger partial charge in [0.15, 0.2) is 11.5 Å². The van der Waals surface area contributed by atoms with Crippen LogP contribution in [0, 0.1) is 11.3 Å². The Balaban J connectivity index is 2.31. The van der Waals surface area contributed by atoms with E-state index in [1.165, 1.54) is 7.11 Å². The molecule has 0 aliphatic rings. The molecule has 5 nitrogen and oxygen atoms in total. The number of rotatable bonds is 8. The minimum absolute atomic E-state index is 0.152. The van der Waals surface area contributed by atoms with E-state index >= 15 is 0 Å². The van der Waals surface area contributed by atoms with Crippen LogP contribution in [-0.4, -0.2) is 31.1 Å². The number of ether oxygens (including phenoxy) is 2. The van der Waals surface area contributed by atoms with Crippen LogP contribution >= 0.6 is 15.9 Å². The second kappa shape index (κ2) is 9.79. The van der Waals surface area contributed by atoms with Crippen LogP contribution in [0.5, 0.6) is 11.5 Å². The average Bonchev–Trinajstić information content (AvgIpc) is 2.69. The van der Waals surface area contributed by atoms with Gasteiger partial charge in [-0.15, -0.1) is 6.58 Å². The van der Waals surface area contributed by atoms with Gasteiger partial charge in [-0.2, -0.15) is 5.26 Å². The van der Waals surface area contributed by atoms with Crippen molar-refractivity contribution < 1.29 is 14.3 Å². The van der Waals surface area contributed by atoms with E-state index in [9.17, 15) is 4.79 Å². The highest BCUT2D eigenvalue weighted by Crippen LogP contribution is 2.37. The summed E-state index contributed by atoms with van der Waals surface area (Å²) in [7, 11) is 1.54. The number of nitrogens with zero attached hydrogens (tertiary/aromatic N) is 2. The lowest BCUT2D eigenvalue weighted by Crippen LogP contribution is -2.30. The van der Waals surface area contributed by atoms with Crippen molar-refractivity contribution in [2.45, 2.75) is 13.5 Å². The van der Waals surface area contributed by atoms with E-state index in [4.69, 9.17) is 14.7 Å². The highest BCUT2D eigenvalue weighted by atomic mass is 79.9. The second-order valence-corrected chi connectivity index (χ2v) is 6.56. The molecule has 0 saturated heterocycles. The summed E-state index contributed by atoms with van der Waals surface area (Å²) in [6.45, 7) is 6.92. The van der Waals surface area contributed by atoms with Gasteiger partial charge < -0.3 is 14.4 Å². The van der Waals surface area contributed by atoms with Crippen LogP contribution in [0.3, 0.4) is 0 Å². The topological polar surface area (TPSA) is 62.6 Å². The molecule has 0 aliphatic heterocycles. The molecular weight excluding hydrogens is 408 g/mol. The SMILES string of the molecule is C=CCN(Cc1ccc(C#N)cc1)C(=O)c1cc(Br)c(OCC)c(OC)c1. The Morgan fingerprint density at radius 3 is 2.59 bits per heavy atom. The largest absolute Gasteiger partial charge is 0.493 e. The first kappa shape index (κ1) is 20.5. The fraction of sp³-hybridized carbons (Fsp3) is 0.238. The van der Waals surface area contributed by atoms with Crippen molar-refractivity contribution in [3.63, 3.8) is 0 Å². The van der Waals surface area contributed by atoms with Gasteiger partial charge in [-0.05, 0) is 52.7 Å². The van der Waals surface area contributed by atoms with Crippen molar-refractivity contribution in [2.75, 3.05) is 20.3 Å². The first-order chi connectivity index (χ1) is 13.0. The maximum absolute atomic E-state index is 13.1. The first-order valence-corrected chi connectivity index (χ1v) is 9.22. The maximum Gasteiger partial charge on any atom is 0.254 e. The number of methoxy groups -OCH3 is 1. The minimum atomic E-state index is -0.152. The third-order valence-corrected chi connectivity index (χ3v) is 4.45. The molecule has 0 heterocycles. The lowest BCUT2D eigenvalue weighted by atomic mass is 10.1. The van der Waals surface area contributed by atoms with Gasteiger partial charge in [0.05, 0.1) is 29.8 Å². The number of nitriles is 1. The van der Waals surface area contributed by atoms with Gasteiger partial charge in [0, 0.05) is 18.7 Å². The molecule has 6 heteroatoms. The molecule has 0 fully saturated rings. The molecule has 0 radical (unpaired) electrons. The van der Waals surface area contributed by atoms with E-state index in [-0.39, 0.29) is 5.91 Å². The summed E-state index contributed by atoms with van der Waals surface area (Å²) in [6, 6.07) is 12.7. The van der Waals surface area contributed by atoms with E-state index in [0.29, 0.717) is 46.8 Å². The van der Waals surface area contributed by atoms with Crippen molar-refractivity contribution in [2.24, 2.45) is 0 Å². The Morgan fingerprint density at radius 2 is 2.04 bits per heavy atom. The monoisotopic (exact) mass is 428 g/mol. The Hall–Kier alpha value is -2.78. The van der Waals surface area contributed by atoms with E-state index in [0.717, 1.165) is 5.56 Å². The maximum atomic E-state index is 13.1. The normalized spacial score (nSPS) is 10.0. The number of hydrogen-bond acceptors (Lipinski definition) is 4. The highest BCUT2D eigenvalue weighted by Gasteiger charge is 2.20. The van der Waals surface area contributed by atoms with Gasteiger partial charge in [0.25, 0.3) is 5.91 Å². The van der Waals surface area contributed by atoms with Crippen LogP contribution in [-0.2, 0) is 6.54 Å². The van der Waals surface area contributed by atoms with Gasteiger partial charge in [-0.3, -0.25) is 4.79 Å². The molecule has 0 aliphatic carbocycles. The van der Waals surface area contributed by atoms with Crippen molar-refractivity contribution in [3.05, 3.63) is 70.2 Å². The summed E-state index contributed by atoms with van der Waals surface area (Å²) >= 11 is 3.45. The highest BCUT2D eigenvalue weighted by molar-refractivity contribution is 9.10. The Kier molecular flexibility index (Phi) is 7.44. The quantitative estimate of drug-likeness (QED) is 0.578. The fourth-order valence-corrected chi connectivity index (χ4v) is 3.15. The Morgan fingerprint density at radius 1 is 1.33 bits per heavy atom. The summed E-state index contributed by atoms with van der Waals surface area (Å²) in [4.78, 5) is 14.7. The molecule has 1 amide bonds. The van der Waals surface area contributed by atoms with E-state index < -0.39 is 0 Å². The third-order valence-electron chi connectivity index (χ3n) is 3.86. The molecule has 140 valence electrons. The van der Waals surface area contributed by atoms with Crippen LogP contribution in [0.1, 0.15) is 28.4 Å². The van der Waals surface area contributed by atoms with E-state index in [1.54, 1.807) is 35.2 Å². The molecule has 0 bridgehead atoms. The predicted molar refractivity (Wildman–Crippen MR) is 108 cm³/mol. The van der Waals surface area contributed by atoms with E-state index in [1.807, 2.05) is 19.1 Å². The minimum Gasteiger partial charge on any atom is -0.493 e. The van der Waals surface area contributed by atoms with Crippen LogP contribution in [0.4, 0.5) is 0 Å². The predicted octanol–water partition coefficient (Wildman–Crippen LogP) is 4.56. The van der Waals surface area contributed by atoms with Gasteiger partial charge in [-0.25, -0.2) is 0 Å². The van der Waals surface area contributed by atoms with Crippen molar-refractivity contribution in [1.29, 1.82) is 5.26 Å². The number of amides is 1. The zero-order chi connectivity index (χ0) is 19.8. The fourth-order valence-electron chi connectivity index (χ4n) is 2.59. The van der Waals surface area contributed by atoms with Crippen LogP contribution in [0.25, 0.3) is 0 Å². The number of halogens is 1. The lowest BCUT2D eigenvalue weighted by Gasteiger charge is -2.22. The van der Waals surface area contributed by atoms with Gasteiger partial charge >= 0.3 is 0 Å². The number of hydrogen-bond donors (Lipinski definition) is 0. The average molecular weight is 429 g/mol. The van der Waals surface area contributed by atoms with Gasteiger partial charge in [0.2, 0.25) is 0 Å². The summed E-state index contributed by atoms with van der Waals surface area (Å²) < 4.78 is 11.6. The summed E-state index contributed by atoms with van der Waals surface area (Å²) in [5, 5.41) is 8.91. The molecule has 0 aromatic heterocycles. The molecule has 0 N–H and O–H groups in total. The van der Waals surface area contributed by atoms with Gasteiger partial charge in [-0.1, -0.05) is 18.2 Å². The molecule has 0 unspecified atom stereocenters. The van der Waals surface area contributed by atoms with Crippen LogP contribution in [0.15, 0.2) is 53.5 Å². The molecule has 2 aromatic carbocycles. The molecular formula is C21H21BrN2O3. The van der Waals surface area contributed by atoms with Crippen LogP contribution in [0.2, 0.25) is 0 Å². The lowest BCUT2D eigenvalue weighted by molar-refractivity contribution is 0.0762. The zero-order valence-electron chi connectivity index (χ0n) is 15.4. The van der Waals surface area contributed by atoms with Crippen molar-refractivity contribution in [3.8, 4) is 17.6 Å². The summed E-state index contributed by atoms with van der Waals surface area (Å²) in [5.41, 5.74) is 2.00. The molecule has 0 spiro atoms. The molecule has 2 aromatic rings. The zero-order valence-corrected chi connectivity index (χ0v) is 17.0. The number of carbonyl (C=O) groups is 1. The molecule has 0 saturated carbocycles. The van der Waals surface area contributed by atoms with Crippen molar-refractivity contribution in [1.82, 2.24) is 4.90 Å². The first-order valence-electron chi connectivity index (χ1n) is 8.43. The number of carbonyl (C=O) groups excluding carboxylic acids is 1.